The Morgan fingerprint density at radius 2 is 2.28 bits per heavy atom. The van der Waals surface area contributed by atoms with E-state index in [0.29, 0.717) is 0 Å². The molecule has 3 nitrogen and oxygen atoms in total. The molecular formula is C14H16IN3. The quantitative estimate of drug-likeness (QED) is 0.800. The first-order chi connectivity index (χ1) is 8.57. The van der Waals surface area contributed by atoms with Crippen molar-refractivity contribution in [3.05, 3.63) is 50.9 Å². The minimum Gasteiger partial charge on any atom is -0.321 e. The van der Waals surface area contributed by atoms with Crippen LogP contribution in [0.15, 0.2) is 30.5 Å². The molecule has 0 bridgehead atoms. The topological polar surface area (TPSA) is 43.8 Å². The van der Waals surface area contributed by atoms with Crippen molar-refractivity contribution in [2.45, 2.75) is 24.8 Å². The molecule has 2 N–H and O–H groups in total. The molecule has 0 radical (unpaired) electrons. The van der Waals surface area contributed by atoms with Gasteiger partial charge in [-0.3, -0.25) is 4.68 Å². The van der Waals surface area contributed by atoms with Crippen LogP contribution in [0, 0.1) is 3.57 Å². The lowest BCUT2D eigenvalue weighted by Crippen LogP contribution is -2.42. The lowest BCUT2D eigenvalue weighted by Gasteiger charge is -2.33. The number of aromatic nitrogens is 2. The Morgan fingerprint density at radius 3 is 3.06 bits per heavy atom. The van der Waals surface area contributed by atoms with E-state index < -0.39 is 0 Å². The molecule has 0 spiro atoms. The van der Waals surface area contributed by atoms with Gasteiger partial charge >= 0.3 is 0 Å². The summed E-state index contributed by atoms with van der Waals surface area (Å²) < 4.78 is 3.14. The molecule has 0 amide bonds. The average Bonchev–Trinajstić information content (AvgIpc) is 2.68. The van der Waals surface area contributed by atoms with E-state index in [-0.39, 0.29) is 5.54 Å². The molecule has 2 aromatic rings. The molecule has 1 aromatic carbocycles. The zero-order chi connectivity index (χ0) is 12.8. The molecule has 94 valence electrons. The maximum Gasteiger partial charge on any atom is 0.0658 e. The van der Waals surface area contributed by atoms with Gasteiger partial charge in [0.25, 0.3) is 0 Å². The van der Waals surface area contributed by atoms with Crippen LogP contribution in [0.4, 0.5) is 0 Å². The van der Waals surface area contributed by atoms with Crippen LogP contribution in [0.2, 0.25) is 0 Å². The van der Waals surface area contributed by atoms with Gasteiger partial charge in [-0.15, -0.1) is 0 Å². The van der Waals surface area contributed by atoms with Gasteiger partial charge in [0.05, 0.1) is 5.69 Å². The number of rotatable bonds is 1. The van der Waals surface area contributed by atoms with Crippen molar-refractivity contribution < 1.29 is 0 Å². The summed E-state index contributed by atoms with van der Waals surface area (Å²) in [4.78, 5) is 0. The highest BCUT2D eigenvalue weighted by atomic mass is 127. The van der Waals surface area contributed by atoms with Crippen LogP contribution in [-0.2, 0) is 25.4 Å². The molecule has 0 saturated carbocycles. The predicted octanol–water partition coefficient (Wildman–Crippen LogP) is 2.37. The van der Waals surface area contributed by atoms with E-state index >= 15 is 0 Å². The molecule has 1 unspecified atom stereocenters. The van der Waals surface area contributed by atoms with Gasteiger partial charge in [0.2, 0.25) is 0 Å². The Labute approximate surface area is 121 Å². The Hall–Kier alpha value is -0.880. The van der Waals surface area contributed by atoms with Gasteiger partial charge in [-0.2, -0.15) is 5.10 Å². The summed E-state index contributed by atoms with van der Waals surface area (Å²) in [5.41, 5.74) is 10.1. The third kappa shape index (κ3) is 2.07. The first-order valence-corrected chi connectivity index (χ1v) is 7.21. The van der Waals surface area contributed by atoms with Gasteiger partial charge < -0.3 is 5.73 Å². The van der Waals surface area contributed by atoms with Crippen molar-refractivity contribution in [3.63, 3.8) is 0 Å². The summed E-state index contributed by atoms with van der Waals surface area (Å²) in [5.74, 6) is 0. The predicted molar refractivity (Wildman–Crippen MR) is 80.3 cm³/mol. The molecule has 0 aliphatic heterocycles. The maximum atomic E-state index is 6.63. The summed E-state index contributed by atoms with van der Waals surface area (Å²) in [5, 5.41) is 4.49. The molecule has 1 heterocycles. The lowest BCUT2D eigenvalue weighted by atomic mass is 9.77. The summed E-state index contributed by atoms with van der Waals surface area (Å²) in [6.07, 6.45) is 4.93. The molecule has 1 aliphatic rings. The smallest absolute Gasteiger partial charge is 0.0658 e. The van der Waals surface area contributed by atoms with E-state index in [9.17, 15) is 0 Å². The van der Waals surface area contributed by atoms with Crippen LogP contribution in [0.5, 0.6) is 0 Å². The summed E-state index contributed by atoms with van der Waals surface area (Å²) in [7, 11) is 1.97. The third-order valence-electron chi connectivity index (χ3n) is 3.71. The summed E-state index contributed by atoms with van der Waals surface area (Å²) in [6.45, 7) is 0. The van der Waals surface area contributed by atoms with E-state index in [0.717, 1.165) is 19.3 Å². The molecule has 18 heavy (non-hydrogen) atoms. The van der Waals surface area contributed by atoms with E-state index in [1.54, 1.807) is 0 Å². The molecule has 1 aromatic heterocycles. The second kappa shape index (κ2) is 4.35. The van der Waals surface area contributed by atoms with Crippen LogP contribution >= 0.6 is 22.6 Å². The molecular weight excluding hydrogens is 337 g/mol. The Bertz CT molecular complexity index is 590. The van der Waals surface area contributed by atoms with Crippen molar-refractivity contribution in [2.24, 2.45) is 12.8 Å². The number of hydrogen-bond donors (Lipinski definition) is 1. The highest BCUT2D eigenvalue weighted by Gasteiger charge is 2.33. The number of aryl methyl sites for hydroxylation is 2. The number of halogens is 1. The van der Waals surface area contributed by atoms with Crippen LogP contribution in [0.1, 0.15) is 23.2 Å². The highest BCUT2D eigenvalue weighted by molar-refractivity contribution is 14.1. The normalized spacial score (nSPS) is 22.8. The minimum absolute atomic E-state index is 0.239. The number of nitrogens with zero attached hydrogens (tertiary/aromatic N) is 2. The van der Waals surface area contributed by atoms with E-state index in [2.05, 4.69) is 58.2 Å². The zero-order valence-corrected chi connectivity index (χ0v) is 12.5. The van der Waals surface area contributed by atoms with E-state index in [1.165, 1.54) is 20.4 Å². The molecule has 0 fully saturated rings. The van der Waals surface area contributed by atoms with Gasteiger partial charge in [-0.05, 0) is 65.1 Å². The third-order valence-corrected chi connectivity index (χ3v) is 4.38. The number of hydrogen-bond acceptors (Lipinski definition) is 2. The Balaban J connectivity index is 1.98. The minimum atomic E-state index is -0.239. The Morgan fingerprint density at radius 1 is 1.44 bits per heavy atom. The van der Waals surface area contributed by atoms with Crippen LogP contribution < -0.4 is 5.73 Å². The SMILES string of the molecule is Cn1cc2c(n1)CCC(N)(c1cccc(I)c1)C2. The fraction of sp³-hybridized carbons (Fsp3) is 0.357. The van der Waals surface area contributed by atoms with Gasteiger partial charge in [0.1, 0.15) is 0 Å². The first-order valence-electron chi connectivity index (χ1n) is 6.13. The average molecular weight is 353 g/mol. The standard InChI is InChI=1S/C14H16IN3/c1-18-9-10-8-14(16,6-5-13(10)17-18)11-3-2-4-12(15)7-11/h2-4,7,9H,5-6,8,16H2,1H3. The second-order valence-corrected chi connectivity index (χ2v) is 6.36. The molecule has 0 saturated heterocycles. The number of nitrogens with two attached hydrogens (primary N) is 1. The summed E-state index contributed by atoms with van der Waals surface area (Å²) in [6, 6.07) is 8.53. The van der Waals surface area contributed by atoms with Gasteiger partial charge in [-0.25, -0.2) is 0 Å². The van der Waals surface area contributed by atoms with Crippen LogP contribution in [-0.4, -0.2) is 9.78 Å². The van der Waals surface area contributed by atoms with E-state index in [1.807, 2.05) is 11.7 Å². The van der Waals surface area contributed by atoms with Crippen molar-refractivity contribution >= 4 is 22.6 Å². The van der Waals surface area contributed by atoms with Crippen LogP contribution in [0.3, 0.4) is 0 Å². The highest BCUT2D eigenvalue weighted by Crippen LogP contribution is 2.34. The van der Waals surface area contributed by atoms with Gasteiger partial charge in [-0.1, -0.05) is 12.1 Å². The number of benzene rings is 1. The zero-order valence-electron chi connectivity index (χ0n) is 10.4. The maximum absolute atomic E-state index is 6.63. The monoisotopic (exact) mass is 353 g/mol. The van der Waals surface area contributed by atoms with Crippen molar-refractivity contribution in [2.75, 3.05) is 0 Å². The first kappa shape index (κ1) is 12.2. The fourth-order valence-electron chi connectivity index (χ4n) is 2.76. The largest absolute Gasteiger partial charge is 0.321 e. The number of fused-ring (bicyclic) bond motifs is 1. The lowest BCUT2D eigenvalue weighted by molar-refractivity contribution is 0.383. The second-order valence-electron chi connectivity index (χ2n) is 5.12. The van der Waals surface area contributed by atoms with Crippen molar-refractivity contribution in [1.82, 2.24) is 9.78 Å². The molecule has 1 atom stereocenters. The molecule has 3 rings (SSSR count). The summed E-state index contributed by atoms with van der Waals surface area (Å²) >= 11 is 2.34. The van der Waals surface area contributed by atoms with Crippen LogP contribution in [0.25, 0.3) is 0 Å². The van der Waals surface area contributed by atoms with Gasteiger partial charge in [0.15, 0.2) is 0 Å². The fourth-order valence-corrected chi connectivity index (χ4v) is 3.30. The van der Waals surface area contributed by atoms with Gasteiger partial charge in [0, 0.05) is 22.4 Å². The van der Waals surface area contributed by atoms with E-state index in [4.69, 9.17) is 5.73 Å². The molecule has 4 heteroatoms. The molecule has 1 aliphatic carbocycles. The van der Waals surface area contributed by atoms with Crippen molar-refractivity contribution in [3.8, 4) is 0 Å². The Kier molecular flexibility index (Phi) is 2.94. The van der Waals surface area contributed by atoms with Crippen molar-refractivity contribution in [1.29, 1.82) is 0 Å².